The monoisotopic (exact) mass is 240 g/mol. The van der Waals surface area contributed by atoms with Crippen LogP contribution in [0.15, 0.2) is 6.20 Å². The minimum atomic E-state index is -0.455. The van der Waals surface area contributed by atoms with E-state index in [1.807, 2.05) is 0 Å². The third-order valence-electron chi connectivity index (χ3n) is 2.19. The summed E-state index contributed by atoms with van der Waals surface area (Å²) in [5.41, 5.74) is 6.17. The molecule has 1 rings (SSSR count). The summed E-state index contributed by atoms with van der Waals surface area (Å²) in [6.45, 7) is 1.88. The van der Waals surface area contributed by atoms with Crippen molar-refractivity contribution in [1.82, 2.24) is 14.7 Å². The van der Waals surface area contributed by atoms with E-state index in [1.54, 1.807) is 14.0 Å². The van der Waals surface area contributed by atoms with E-state index >= 15 is 0 Å². The SMILES string of the molecule is CCOC(=O)CN(C)C(=O)c1c(N)cnn1C. The van der Waals surface area contributed by atoms with E-state index in [0.29, 0.717) is 0 Å². The highest BCUT2D eigenvalue weighted by Crippen LogP contribution is 2.11. The van der Waals surface area contributed by atoms with Crippen molar-refractivity contribution in [2.75, 3.05) is 25.9 Å². The number of anilines is 1. The zero-order valence-corrected chi connectivity index (χ0v) is 10.1. The number of carbonyl (C=O) groups excluding carboxylic acids is 2. The zero-order valence-electron chi connectivity index (χ0n) is 10.1. The molecule has 0 saturated heterocycles. The Kier molecular flexibility index (Phi) is 4.08. The van der Waals surface area contributed by atoms with Gasteiger partial charge in [-0.2, -0.15) is 5.10 Å². The van der Waals surface area contributed by atoms with E-state index in [1.165, 1.54) is 22.8 Å². The van der Waals surface area contributed by atoms with Crippen molar-refractivity contribution in [3.63, 3.8) is 0 Å². The van der Waals surface area contributed by atoms with Crippen molar-refractivity contribution < 1.29 is 14.3 Å². The second-order valence-electron chi connectivity index (χ2n) is 3.54. The Morgan fingerprint density at radius 2 is 2.24 bits per heavy atom. The molecule has 0 aliphatic heterocycles. The Morgan fingerprint density at radius 3 is 2.71 bits per heavy atom. The third kappa shape index (κ3) is 2.96. The first-order valence-corrected chi connectivity index (χ1v) is 5.16. The number of likely N-dealkylation sites (N-methyl/N-ethyl adjacent to an activating group) is 1. The number of ether oxygens (including phenoxy) is 1. The fourth-order valence-corrected chi connectivity index (χ4v) is 1.37. The minimum absolute atomic E-state index is 0.114. The van der Waals surface area contributed by atoms with Crippen LogP contribution in [0.25, 0.3) is 0 Å². The molecule has 94 valence electrons. The van der Waals surface area contributed by atoms with Crippen LogP contribution in [0.4, 0.5) is 5.69 Å². The molecule has 0 radical (unpaired) electrons. The highest BCUT2D eigenvalue weighted by atomic mass is 16.5. The molecule has 17 heavy (non-hydrogen) atoms. The molecular weight excluding hydrogens is 224 g/mol. The van der Waals surface area contributed by atoms with Gasteiger partial charge >= 0.3 is 5.97 Å². The van der Waals surface area contributed by atoms with Gasteiger partial charge in [-0.05, 0) is 6.92 Å². The van der Waals surface area contributed by atoms with E-state index in [4.69, 9.17) is 10.5 Å². The lowest BCUT2D eigenvalue weighted by Crippen LogP contribution is -2.34. The van der Waals surface area contributed by atoms with E-state index in [-0.39, 0.29) is 30.4 Å². The summed E-state index contributed by atoms with van der Waals surface area (Å²) in [6.07, 6.45) is 1.39. The van der Waals surface area contributed by atoms with Gasteiger partial charge in [-0.15, -0.1) is 0 Å². The second kappa shape index (κ2) is 5.33. The number of amides is 1. The van der Waals surface area contributed by atoms with Crippen molar-refractivity contribution in [3.8, 4) is 0 Å². The molecule has 0 bridgehead atoms. The van der Waals surface area contributed by atoms with E-state index in [0.717, 1.165) is 0 Å². The van der Waals surface area contributed by atoms with Crippen molar-refractivity contribution >= 4 is 17.6 Å². The normalized spacial score (nSPS) is 10.1. The van der Waals surface area contributed by atoms with Crippen LogP contribution in [0.5, 0.6) is 0 Å². The molecule has 1 amide bonds. The summed E-state index contributed by atoms with van der Waals surface area (Å²) < 4.78 is 6.13. The van der Waals surface area contributed by atoms with Gasteiger partial charge in [-0.1, -0.05) is 0 Å². The molecule has 0 saturated carbocycles. The Labute approximate surface area is 99.1 Å². The number of esters is 1. The molecule has 0 aliphatic carbocycles. The standard InChI is InChI=1S/C10H16N4O3/c1-4-17-8(15)6-13(2)10(16)9-7(11)5-12-14(9)3/h5H,4,6,11H2,1-3H3. The maximum absolute atomic E-state index is 12.0. The molecule has 0 spiro atoms. The van der Waals surface area contributed by atoms with Gasteiger partial charge in [-0.25, -0.2) is 0 Å². The highest BCUT2D eigenvalue weighted by Gasteiger charge is 2.21. The number of nitrogens with zero attached hydrogens (tertiary/aromatic N) is 3. The summed E-state index contributed by atoms with van der Waals surface area (Å²) in [5.74, 6) is -0.820. The number of carbonyl (C=O) groups is 2. The summed E-state index contributed by atoms with van der Waals surface area (Å²) in [7, 11) is 3.12. The molecule has 0 aliphatic rings. The fourth-order valence-electron chi connectivity index (χ4n) is 1.37. The average molecular weight is 240 g/mol. The van der Waals surface area contributed by atoms with Crippen LogP contribution in [0.3, 0.4) is 0 Å². The molecule has 0 atom stereocenters. The van der Waals surface area contributed by atoms with Crippen molar-refractivity contribution in [3.05, 3.63) is 11.9 Å². The molecule has 7 heteroatoms. The third-order valence-corrected chi connectivity index (χ3v) is 2.19. The topological polar surface area (TPSA) is 90.4 Å². The van der Waals surface area contributed by atoms with Crippen LogP contribution in [0.2, 0.25) is 0 Å². The maximum Gasteiger partial charge on any atom is 0.325 e. The highest BCUT2D eigenvalue weighted by molar-refractivity contribution is 5.98. The number of rotatable bonds is 4. The molecular formula is C10H16N4O3. The van der Waals surface area contributed by atoms with E-state index in [2.05, 4.69) is 5.10 Å². The first-order chi connectivity index (χ1) is 7.97. The minimum Gasteiger partial charge on any atom is -0.465 e. The second-order valence-corrected chi connectivity index (χ2v) is 3.54. The molecule has 0 unspecified atom stereocenters. The number of aryl methyl sites for hydroxylation is 1. The van der Waals surface area contributed by atoms with Gasteiger partial charge in [0.2, 0.25) is 0 Å². The molecule has 0 aromatic carbocycles. The van der Waals surface area contributed by atoms with E-state index < -0.39 is 5.97 Å². The fraction of sp³-hybridized carbons (Fsp3) is 0.500. The summed E-state index contributed by atoms with van der Waals surface area (Å²) in [6, 6.07) is 0. The Morgan fingerprint density at radius 1 is 1.59 bits per heavy atom. The van der Waals surface area contributed by atoms with Crippen LogP contribution in [0.1, 0.15) is 17.4 Å². The predicted octanol–water partition coefficient (Wildman–Crippen LogP) is -0.363. The van der Waals surface area contributed by atoms with Gasteiger partial charge in [0, 0.05) is 14.1 Å². The van der Waals surface area contributed by atoms with Crippen LogP contribution < -0.4 is 5.73 Å². The molecule has 1 heterocycles. The number of nitrogens with two attached hydrogens (primary N) is 1. The first-order valence-electron chi connectivity index (χ1n) is 5.16. The number of nitrogen functional groups attached to an aromatic ring is 1. The largest absolute Gasteiger partial charge is 0.465 e. The number of hydrogen-bond donors (Lipinski definition) is 1. The van der Waals surface area contributed by atoms with Gasteiger partial charge in [0.1, 0.15) is 12.2 Å². The number of hydrogen-bond acceptors (Lipinski definition) is 5. The molecule has 1 aromatic heterocycles. The van der Waals surface area contributed by atoms with Gasteiger partial charge in [0.15, 0.2) is 0 Å². The molecule has 0 fully saturated rings. The van der Waals surface area contributed by atoms with Crippen LogP contribution in [0, 0.1) is 0 Å². The predicted molar refractivity (Wildman–Crippen MR) is 61.2 cm³/mol. The van der Waals surface area contributed by atoms with Crippen molar-refractivity contribution in [2.45, 2.75) is 6.92 Å². The lowest BCUT2D eigenvalue weighted by Gasteiger charge is -2.16. The summed E-state index contributed by atoms with van der Waals surface area (Å²) >= 11 is 0. The maximum atomic E-state index is 12.0. The number of aromatic nitrogens is 2. The Balaban J connectivity index is 2.74. The Hall–Kier alpha value is -2.05. The van der Waals surface area contributed by atoms with Crippen LogP contribution >= 0.6 is 0 Å². The average Bonchev–Trinajstić information content (AvgIpc) is 2.58. The lowest BCUT2D eigenvalue weighted by molar-refractivity contribution is -0.143. The molecule has 7 nitrogen and oxygen atoms in total. The van der Waals surface area contributed by atoms with Crippen molar-refractivity contribution in [2.24, 2.45) is 7.05 Å². The first kappa shape index (κ1) is 13.0. The van der Waals surface area contributed by atoms with Crippen molar-refractivity contribution in [1.29, 1.82) is 0 Å². The lowest BCUT2D eigenvalue weighted by atomic mass is 10.3. The van der Waals surface area contributed by atoms with Gasteiger partial charge < -0.3 is 15.4 Å². The Bertz CT molecular complexity index is 408. The summed E-state index contributed by atoms with van der Waals surface area (Å²) in [5, 5.41) is 3.86. The van der Waals surface area contributed by atoms with Gasteiger partial charge in [-0.3, -0.25) is 14.3 Å². The quantitative estimate of drug-likeness (QED) is 0.725. The summed E-state index contributed by atoms with van der Waals surface area (Å²) in [4.78, 5) is 24.4. The molecule has 1 aromatic rings. The van der Waals surface area contributed by atoms with Crippen LogP contribution in [-0.4, -0.2) is 46.8 Å². The van der Waals surface area contributed by atoms with Gasteiger partial charge in [0.05, 0.1) is 18.5 Å². The van der Waals surface area contributed by atoms with E-state index in [9.17, 15) is 9.59 Å². The smallest absolute Gasteiger partial charge is 0.325 e. The zero-order chi connectivity index (χ0) is 13.0. The van der Waals surface area contributed by atoms with Gasteiger partial charge in [0.25, 0.3) is 5.91 Å². The van der Waals surface area contributed by atoms with Crippen LogP contribution in [-0.2, 0) is 16.6 Å². The molecule has 2 N–H and O–H groups in total.